The molecule has 1 aliphatic rings. The average Bonchev–Trinajstić information content (AvgIpc) is 3.68. The monoisotopic (exact) mass is 840 g/mol. The number of primary amides is 1. The van der Waals surface area contributed by atoms with E-state index in [9.17, 15) is 48.3 Å². The molecule has 0 radical (unpaired) electrons. The van der Waals surface area contributed by atoms with Crippen molar-refractivity contribution in [3.8, 4) is 0 Å². The minimum Gasteiger partial charge on any atom is -0.480 e. The van der Waals surface area contributed by atoms with Gasteiger partial charge in [0.25, 0.3) is 0 Å². The van der Waals surface area contributed by atoms with Crippen LogP contribution in [0.2, 0.25) is 0 Å². The fourth-order valence-corrected chi connectivity index (χ4v) is 6.08. The van der Waals surface area contributed by atoms with E-state index in [1.165, 1.54) is 11.8 Å². The molecule has 1 aliphatic heterocycles. The summed E-state index contributed by atoms with van der Waals surface area (Å²) in [6.45, 7) is 1.54. The molecule has 0 aliphatic carbocycles. The van der Waals surface area contributed by atoms with Crippen molar-refractivity contribution in [3.05, 3.63) is 0 Å². The number of guanidine groups is 1. The van der Waals surface area contributed by atoms with Gasteiger partial charge in [0.05, 0.1) is 13.1 Å². The third-order valence-corrected chi connectivity index (χ3v) is 9.25. The highest BCUT2D eigenvalue weighted by atomic mass is 16.4. The van der Waals surface area contributed by atoms with Gasteiger partial charge in [0, 0.05) is 19.5 Å². The van der Waals surface area contributed by atoms with E-state index in [2.05, 4.69) is 36.9 Å². The van der Waals surface area contributed by atoms with E-state index in [1.54, 1.807) is 0 Å². The second kappa shape index (κ2) is 27.9. The van der Waals surface area contributed by atoms with Crippen molar-refractivity contribution in [1.29, 1.82) is 0 Å². The first-order valence-electron chi connectivity index (χ1n) is 19.7. The molecule has 0 saturated carbocycles. The molecule has 1 rings (SSSR count). The van der Waals surface area contributed by atoms with E-state index in [4.69, 9.17) is 34.4 Å². The van der Waals surface area contributed by atoms with E-state index < -0.39 is 96.0 Å². The Balaban J connectivity index is 3.20. The van der Waals surface area contributed by atoms with Gasteiger partial charge in [-0.25, -0.2) is 4.79 Å². The molecule has 1 fully saturated rings. The Labute approximate surface area is 342 Å². The standard InChI is InChI=1S/C35H64N14O10/c1-20(44-29(53)21(8-2-4-14-36)45-28(52)19-43-27(51)18-38)33(57)49-17-7-11-25(49)32(56)47-23(10-6-16-42-35(40)41)30(54)46-22(9-3-5-15-37)31(55)48-24(34(58)59)12-13-26(39)50/h20-25H,2-19,36-38H2,1H3,(H2,39,50)(H,43,51)(H,44,53)(H,45,52)(H,46,54)(H,47,56)(H,48,55)(H,58,59)(H4,40,41,42)/t20-,21-,22-,23-,24-,25-/m0/s1. The quantitative estimate of drug-likeness (QED) is 0.0190. The number of amides is 8. The molecule has 0 aromatic carbocycles. The van der Waals surface area contributed by atoms with E-state index in [-0.39, 0.29) is 77.1 Å². The molecule has 8 amide bonds. The molecule has 0 bridgehead atoms. The Hall–Kier alpha value is -5.62. The molecule has 59 heavy (non-hydrogen) atoms. The third-order valence-electron chi connectivity index (χ3n) is 9.25. The highest BCUT2D eigenvalue weighted by Crippen LogP contribution is 2.19. The maximum Gasteiger partial charge on any atom is 0.326 e. The van der Waals surface area contributed by atoms with E-state index in [1.807, 2.05) is 0 Å². The first kappa shape index (κ1) is 51.4. The largest absolute Gasteiger partial charge is 0.480 e. The van der Waals surface area contributed by atoms with Gasteiger partial charge in [-0.3, -0.25) is 43.3 Å². The van der Waals surface area contributed by atoms with Crippen LogP contribution in [0, 0.1) is 0 Å². The lowest BCUT2D eigenvalue weighted by Crippen LogP contribution is -2.59. The van der Waals surface area contributed by atoms with Crippen molar-refractivity contribution in [2.45, 2.75) is 120 Å². The molecule has 24 nitrogen and oxygen atoms in total. The second-order valence-electron chi connectivity index (χ2n) is 14.1. The molecular weight excluding hydrogens is 776 g/mol. The summed E-state index contributed by atoms with van der Waals surface area (Å²) in [5, 5.41) is 24.7. The Morgan fingerprint density at radius 1 is 0.695 bits per heavy atom. The van der Waals surface area contributed by atoms with Crippen LogP contribution < -0.4 is 66.3 Å². The molecule has 1 saturated heterocycles. The van der Waals surface area contributed by atoms with E-state index >= 15 is 0 Å². The summed E-state index contributed by atoms with van der Waals surface area (Å²) in [5.74, 6) is -7.21. The van der Waals surface area contributed by atoms with Crippen LogP contribution in [-0.4, -0.2) is 145 Å². The van der Waals surface area contributed by atoms with Crippen molar-refractivity contribution in [2.75, 3.05) is 39.3 Å². The van der Waals surface area contributed by atoms with Crippen LogP contribution in [0.1, 0.15) is 84.0 Å². The van der Waals surface area contributed by atoms with Gasteiger partial charge in [-0.15, -0.1) is 0 Å². The Bertz CT molecular complexity index is 1480. The molecule has 6 atom stereocenters. The van der Waals surface area contributed by atoms with Gasteiger partial charge in [0.2, 0.25) is 47.3 Å². The molecule has 0 spiro atoms. The maximum absolute atomic E-state index is 13.8. The zero-order valence-electron chi connectivity index (χ0n) is 33.7. The van der Waals surface area contributed by atoms with Crippen LogP contribution in [0.15, 0.2) is 4.99 Å². The fourth-order valence-electron chi connectivity index (χ4n) is 6.08. The maximum atomic E-state index is 13.8. The van der Waals surface area contributed by atoms with Gasteiger partial charge in [-0.1, -0.05) is 0 Å². The third kappa shape index (κ3) is 20.1. The van der Waals surface area contributed by atoms with Crippen molar-refractivity contribution in [2.24, 2.45) is 39.4 Å². The first-order chi connectivity index (χ1) is 27.9. The molecular formula is C35H64N14O10. The first-order valence-corrected chi connectivity index (χ1v) is 19.7. The lowest BCUT2D eigenvalue weighted by atomic mass is 10.0. The van der Waals surface area contributed by atoms with Crippen LogP contribution in [0.3, 0.4) is 0 Å². The lowest BCUT2D eigenvalue weighted by Gasteiger charge is -2.30. The van der Waals surface area contributed by atoms with E-state index in [0.717, 1.165) is 0 Å². The highest BCUT2D eigenvalue weighted by Gasteiger charge is 2.39. The number of nitrogens with zero attached hydrogens (tertiary/aromatic N) is 2. The van der Waals surface area contributed by atoms with Crippen LogP contribution in [0.25, 0.3) is 0 Å². The van der Waals surface area contributed by atoms with Gasteiger partial charge in [-0.2, -0.15) is 0 Å². The Kier molecular flexibility index (Phi) is 24.3. The molecule has 0 aromatic heterocycles. The van der Waals surface area contributed by atoms with Crippen molar-refractivity contribution < 1.29 is 48.3 Å². The number of carboxylic acid groups (broad SMARTS) is 1. The number of hydrogen-bond acceptors (Lipinski definition) is 13. The van der Waals surface area contributed by atoms with Crippen LogP contribution in [0.4, 0.5) is 0 Å². The van der Waals surface area contributed by atoms with Crippen LogP contribution >= 0.6 is 0 Å². The SMILES string of the molecule is C[C@H](NC(=O)[C@H](CCCCN)NC(=O)CNC(=O)CN)C(=O)N1CCC[C@H]1C(=O)N[C@@H](CCCN=C(N)N)C(=O)N[C@@H](CCCCN)C(=O)N[C@@H](CCC(N)=O)C(=O)O. The molecule has 19 N–H and O–H groups in total. The van der Waals surface area contributed by atoms with Crippen molar-refractivity contribution in [1.82, 2.24) is 36.8 Å². The summed E-state index contributed by atoms with van der Waals surface area (Å²) >= 11 is 0. The number of carbonyl (C=O) groups excluding carboxylic acids is 8. The molecule has 334 valence electrons. The van der Waals surface area contributed by atoms with Gasteiger partial charge in [0.1, 0.15) is 36.3 Å². The topological polar surface area (TPSA) is 418 Å². The molecule has 0 unspecified atom stereocenters. The molecule has 1 heterocycles. The number of hydrogen-bond donors (Lipinski definition) is 13. The fraction of sp³-hybridized carbons (Fsp3) is 0.714. The number of carboxylic acids is 1. The number of nitrogens with one attached hydrogen (secondary N) is 6. The highest BCUT2D eigenvalue weighted by molar-refractivity contribution is 5.97. The lowest BCUT2D eigenvalue weighted by molar-refractivity contribution is -0.143. The van der Waals surface area contributed by atoms with Crippen LogP contribution in [0.5, 0.6) is 0 Å². The summed E-state index contributed by atoms with van der Waals surface area (Å²) in [6, 6.07) is -7.27. The molecule has 24 heteroatoms. The predicted molar refractivity (Wildman–Crippen MR) is 214 cm³/mol. The van der Waals surface area contributed by atoms with Gasteiger partial charge < -0.3 is 76.3 Å². The molecule has 0 aromatic rings. The normalized spacial score (nSPS) is 15.9. The van der Waals surface area contributed by atoms with Gasteiger partial charge in [-0.05, 0) is 90.6 Å². The summed E-state index contributed by atoms with van der Waals surface area (Å²) < 4.78 is 0. The minimum atomic E-state index is -1.48. The number of aliphatic imine (C=N–C) groups is 1. The van der Waals surface area contributed by atoms with Gasteiger partial charge in [0.15, 0.2) is 5.96 Å². The number of carbonyl (C=O) groups is 9. The van der Waals surface area contributed by atoms with Crippen molar-refractivity contribution in [3.63, 3.8) is 0 Å². The Morgan fingerprint density at radius 2 is 1.24 bits per heavy atom. The summed E-state index contributed by atoms with van der Waals surface area (Å²) in [5.41, 5.74) is 32.5. The van der Waals surface area contributed by atoms with Crippen molar-refractivity contribution >= 4 is 59.2 Å². The smallest absolute Gasteiger partial charge is 0.326 e. The van der Waals surface area contributed by atoms with E-state index in [0.29, 0.717) is 38.6 Å². The minimum absolute atomic E-state index is 0.0118. The number of rotatable bonds is 29. The zero-order chi connectivity index (χ0) is 44.5. The predicted octanol–water partition coefficient (Wildman–Crippen LogP) is -5.84. The summed E-state index contributed by atoms with van der Waals surface area (Å²) in [4.78, 5) is 120. The zero-order valence-corrected chi connectivity index (χ0v) is 33.7. The summed E-state index contributed by atoms with van der Waals surface area (Å²) in [7, 11) is 0. The number of nitrogens with two attached hydrogens (primary N) is 6. The number of unbranched alkanes of at least 4 members (excludes halogenated alkanes) is 2. The van der Waals surface area contributed by atoms with Gasteiger partial charge >= 0.3 is 5.97 Å². The Morgan fingerprint density at radius 3 is 1.78 bits per heavy atom. The number of likely N-dealkylation sites (tertiary alicyclic amines) is 1. The van der Waals surface area contributed by atoms with Crippen LogP contribution in [-0.2, 0) is 43.2 Å². The second-order valence-corrected chi connectivity index (χ2v) is 14.1. The summed E-state index contributed by atoms with van der Waals surface area (Å²) in [6.07, 6.45) is 2.35. The number of aliphatic carboxylic acids is 1. The average molecular weight is 841 g/mol.